The van der Waals surface area contributed by atoms with Crippen LogP contribution in [0.3, 0.4) is 0 Å². The molecule has 3 heteroatoms. The van der Waals surface area contributed by atoms with Crippen molar-refractivity contribution in [1.29, 1.82) is 0 Å². The third-order valence-electron chi connectivity index (χ3n) is 2.96. The summed E-state index contributed by atoms with van der Waals surface area (Å²) in [6.07, 6.45) is 14.3. The molecule has 0 unspecified atom stereocenters. The highest BCUT2D eigenvalue weighted by Crippen LogP contribution is 2.13. The van der Waals surface area contributed by atoms with Crippen LogP contribution in [0.1, 0.15) is 19.3 Å². The molecule has 0 spiro atoms. The number of hydrogen-bond acceptors (Lipinski definition) is 2. The van der Waals surface area contributed by atoms with Gasteiger partial charge in [0.05, 0.1) is 0 Å². The summed E-state index contributed by atoms with van der Waals surface area (Å²) >= 11 is 5.45. The molecular formula is C13H18N2S. The molecule has 0 amide bonds. The summed E-state index contributed by atoms with van der Waals surface area (Å²) in [5, 5.41) is 0. The van der Waals surface area contributed by atoms with Crippen LogP contribution >= 0.6 is 12.2 Å². The lowest BCUT2D eigenvalue weighted by Crippen LogP contribution is -2.33. The van der Waals surface area contributed by atoms with Crippen LogP contribution in [-0.2, 0) is 0 Å². The van der Waals surface area contributed by atoms with E-state index in [4.69, 9.17) is 12.2 Å². The fraction of sp³-hybridized carbons (Fsp3) is 0.462. The number of piperidine rings is 1. The van der Waals surface area contributed by atoms with E-state index in [0.717, 1.165) is 18.1 Å². The van der Waals surface area contributed by atoms with Crippen LogP contribution in [0.15, 0.2) is 36.2 Å². The SMILES string of the molecule is CN1C=CC(=CC(=S)N2CCCCC2)C=C1. The van der Waals surface area contributed by atoms with Crippen LogP contribution < -0.4 is 0 Å². The summed E-state index contributed by atoms with van der Waals surface area (Å²) in [4.78, 5) is 5.32. The molecule has 0 saturated carbocycles. The molecule has 2 nitrogen and oxygen atoms in total. The maximum atomic E-state index is 5.45. The van der Waals surface area contributed by atoms with Gasteiger partial charge in [0.1, 0.15) is 4.99 Å². The predicted octanol–water partition coefficient (Wildman–Crippen LogP) is 2.70. The summed E-state index contributed by atoms with van der Waals surface area (Å²) in [7, 11) is 2.02. The third-order valence-corrected chi connectivity index (χ3v) is 3.34. The lowest BCUT2D eigenvalue weighted by Gasteiger charge is -2.28. The molecule has 2 heterocycles. The van der Waals surface area contributed by atoms with Gasteiger partial charge in [-0.2, -0.15) is 0 Å². The Morgan fingerprint density at radius 3 is 2.44 bits per heavy atom. The number of rotatable bonds is 1. The molecule has 1 fully saturated rings. The van der Waals surface area contributed by atoms with E-state index in [1.165, 1.54) is 24.8 Å². The zero-order valence-electron chi connectivity index (χ0n) is 9.72. The first-order valence-electron chi connectivity index (χ1n) is 5.85. The van der Waals surface area contributed by atoms with Crippen molar-refractivity contribution in [3.63, 3.8) is 0 Å². The minimum Gasteiger partial charge on any atom is -0.363 e. The van der Waals surface area contributed by atoms with Gasteiger partial charge in [0.15, 0.2) is 0 Å². The third kappa shape index (κ3) is 2.95. The molecule has 2 aliphatic heterocycles. The van der Waals surface area contributed by atoms with Gasteiger partial charge < -0.3 is 9.80 Å². The fourth-order valence-corrected chi connectivity index (χ4v) is 2.28. The van der Waals surface area contributed by atoms with Crippen LogP contribution in [0.5, 0.6) is 0 Å². The molecule has 2 rings (SSSR count). The maximum Gasteiger partial charge on any atom is 0.102 e. The Labute approximate surface area is 103 Å². The Morgan fingerprint density at radius 2 is 1.81 bits per heavy atom. The van der Waals surface area contributed by atoms with Gasteiger partial charge in [0.2, 0.25) is 0 Å². The quantitative estimate of drug-likeness (QED) is 0.509. The van der Waals surface area contributed by atoms with Gasteiger partial charge in [-0.05, 0) is 43.1 Å². The normalized spacial score (nSPS) is 20.2. The van der Waals surface area contributed by atoms with Gasteiger partial charge in [0.25, 0.3) is 0 Å². The predicted molar refractivity (Wildman–Crippen MR) is 72.1 cm³/mol. The molecule has 0 radical (unpaired) electrons. The lowest BCUT2D eigenvalue weighted by molar-refractivity contribution is 0.348. The largest absolute Gasteiger partial charge is 0.363 e. The van der Waals surface area contributed by atoms with Crippen LogP contribution in [0.25, 0.3) is 0 Å². The monoisotopic (exact) mass is 234 g/mol. The van der Waals surface area contributed by atoms with Crippen molar-refractivity contribution in [2.75, 3.05) is 20.1 Å². The standard InChI is InChI=1S/C13H18N2S/c1-14-9-5-12(6-10-14)11-13(16)15-7-3-2-4-8-15/h5-6,9-11H,2-4,7-8H2,1H3. The molecule has 2 aliphatic rings. The van der Waals surface area contributed by atoms with Gasteiger partial charge in [-0.15, -0.1) is 0 Å². The van der Waals surface area contributed by atoms with E-state index in [9.17, 15) is 0 Å². The van der Waals surface area contributed by atoms with Gasteiger partial charge in [-0.3, -0.25) is 0 Å². The van der Waals surface area contributed by atoms with Crippen molar-refractivity contribution in [3.05, 3.63) is 36.2 Å². The van der Waals surface area contributed by atoms with Crippen molar-refractivity contribution >= 4 is 17.2 Å². The Morgan fingerprint density at radius 1 is 1.19 bits per heavy atom. The molecular weight excluding hydrogens is 216 g/mol. The van der Waals surface area contributed by atoms with E-state index >= 15 is 0 Å². The Kier molecular flexibility index (Phi) is 3.78. The molecule has 0 aliphatic carbocycles. The summed E-state index contributed by atoms with van der Waals surface area (Å²) in [6.45, 7) is 2.24. The molecule has 0 aromatic rings. The van der Waals surface area contributed by atoms with Gasteiger partial charge >= 0.3 is 0 Å². The molecule has 1 saturated heterocycles. The lowest BCUT2D eigenvalue weighted by atomic mass is 10.1. The molecule has 0 aromatic carbocycles. The first kappa shape index (κ1) is 11.4. The number of allylic oxidation sites excluding steroid dienone is 3. The van der Waals surface area contributed by atoms with Gasteiger partial charge in [-0.1, -0.05) is 12.2 Å². The van der Waals surface area contributed by atoms with E-state index in [1.54, 1.807) is 0 Å². The Balaban J connectivity index is 1.98. The molecule has 0 aromatic heterocycles. The smallest absolute Gasteiger partial charge is 0.102 e. The first-order chi connectivity index (χ1) is 7.75. The molecule has 0 N–H and O–H groups in total. The van der Waals surface area contributed by atoms with E-state index in [1.807, 2.05) is 24.3 Å². The second-order valence-electron chi connectivity index (χ2n) is 4.33. The second-order valence-corrected chi connectivity index (χ2v) is 4.75. The summed E-state index contributed by atoms with van der Waals surface area (Å²) in [6, 6.07) is 0. The van der Waals surface area contributed by atoms with Crippen LogP contribution in [0, 0.1) is 0 Å². The number of hydrogen-bond donors (Lipinski definition) is 0. The first-order valence-corrected chi connectivity index (χ1v) is 6.25. The Bertz CT molecular complexity index is 333. The van der Waals surface area contributed by atoms with Crippen molar-refractivity contribution in [1.82, 2.24) is 9.80 Å². The minimum atomic E-state index is 0.980. The van der Waals surface area contributed by atoms with Crippen molar-refractivity contribution < 1.29 is 0 Å². The number of nitrogens with zero attached hydrogens (tertiary/aromatic N) is 2. The zero-order valence-corrected chi connectivity index (χ0v) is 10.5. The molecule has 16 heavy (non-hydrogen) atoms. The van der Waals surface area contributed by atoms with Crippen molar-refractivity contribution in [2.45, 2.75) is 19.3 Å². The maximum absolute atomic E-state index is 5.45. The van der Waals surface area contributed by atoms with Crippen molar-refractivity contribution in [2.24, 2.45) is 0 Å². The van der Waals surface area contributed by atoms with E-state index < -0.39 is 0 Å². The van der Waals surface area contributed by atoms with E-state index in [-0.39, 0.29) is 0 Å². The average Bonchev–Trinajstić information content (AvgIpc) is 2.33. The van der Waals surface area contributed by atoms with Crippen LogP contribution in [0.4, 0.5) is 0 Å². The van der Waals surface area contributed by atoms with Crippen LogP contribution in [0.2, 0.25) is 0 Å². The van der Waals surface area contributed by atoms with Crippen molar-refractivity contribution in [3.8, 4) is 0 Å². The molecule has 0 atom stereocenters. The number of thiocarbonyl (C=S) groups is 1. The second kappa shape index (κ2) is 5.30. The fourth-order valence-electron chi connectivity index (χ4n) is 1.96. The van der Waals surface area contributed by atoms with Gasteiger partial charge in [0, 0.05) is 32.5 Å². The minimum absolute atomic E-state index is 0.980. The summed E-state index contributed by atoms with van der Waals surface area (Å²) in [5.74, 6) is 0. The van der Waals surface area contributed by atoms with Crippen LogP contribution in [-0.4, -0.2) is 34.9 Å². The highest BCUT2D eigenvalue weighted by molar-refractivity contribution is 7.80. The topological polar surface area (TPSA) is 6.48 Å². The molecule has 86 valence electrons. The zero-order chi connectivity index (χ0) is 11.4. The highest BCUT2D eigenvalue weighted by Gasteiger charge is 2.11. The van der Waals surface area contributed by atoms with E-state index in [0.29, 0.717) is 0 Å². The average molecular weight is 234 g/mol. The molecule has 0 bridgehead atoms. The number of likely N-dealkylation sites (tertiary alicyclic amines) is 1. The highest BCUT2D eigenvalue weighted by atomic mass is 32.1. The van der Waals surface area contributed by atoms with Gasteiger partial charge in [-0.25, -0.2) is 0 Å². The Hall–Kier alpha value is -1.09. The summed E-state index contributed by atoms with van der Waals surface area (Å²) < 4.78 is 0. The summed E-state index contributed by atoms with van der Waals surface area (Å²) in [5.41, 5.74) is 1.19. The van der Waals surface area contributed by atoms with E-state index in [2.05, 4.69) is 23.1 Å².